The molecule has 0 radical (unpaired) electrons. The van der Waals surface area contributed by atoms with Gasteiger partial charge in [0.2, 0.25) is 0 Å². The number of pyridine rings is 1. The second-order valence-corrected chi connectivity index (χ2v) is 4.95. The SMILES string of the molecule is COc1cc(-c2ccc(OC)c3ncccc23)cc(C=O)c1O. The molecule has 0 aliphatic carbocycles. The molecule has 23 heavy (non-hydrogen) atoms. The van der Waals surface area contributed by atoms with Crippen molar-refractivity contribution >= 4 is 17.2 Å². The quantitative estimate of drug-likeness (QED) is 0.748. The zero-order chi connectivity index (χ0) is 16.4. The number of nitrogens with zero attached hydrogens (tertiary/aromatic N) is 1. The number of aromatic nitrogens is 1. The van der Waals surface area contributed by atoms with Crippen LogP contribution in [-0.2, 0) is 0 Å². The summed E-state index contributed by atoms with van der Waals surface area (Å²) in [5.41, 5.74) is 2.53. The van der Waals surface area contributed by atoms with Crippen LogP contribution < -0.4 is 9.47 Å². The average molecular weight is 309 g/mol. The van der Waals surface area contributed by atoms with Gasteiger partial charge in [-0.3, -0.25) is 9.78 Å². The van der Waals surface area contributed by atoms with Gasteiger partial charge in [-0.25, -0.2) is 0 Å². The first kappa shape index (κ1) is 14.8. The highest BCUT2D eigenvalue weighted by Crippen LogP contribution is 2.38. The van der Waals surface area contributed by atoms with Gasteiger partial charge in [0.15, 0.2) is 17.8 Å². The summed E-state index contributed by atoms with van der Waals surface area (Å²) in [6.07, 6.45) is 2.30. The molecular formula is C18H15NO4. The van der Waals surface area contributed by atoms with Crippen LogP contribution in [-0.4, -0.2) is 30.6 Å². The Kier molecular flexibility index (Phi) is 3.85. The van der Waals surface area contributed by atoms with Crippen LogP contribution >= 0.6 is 0 Å². The second kappa shape index (κ2) is 5.96. The number of hydrogen-bond acceptors (Lipinski definition) is 5. The van der Waals surface area contributed by atoms with Crippen LogP contribution in [0.2, 0.25) is 0 Å². The zero-order valence-corrected chi connectivity index (χ0v) is 12.7. The Balaban J connectivity index is 2.31. The number of phenolic OH excluding ortho intramolecular Hbond substituents is 1. The van der Waals surface area contributed by atoms with Crippen LogP contribution in [0.4, 0.5) is 0 Å². The maximum atomic E-state index is 11.2. The monoisotopic (exact) mass is 309 g/mol. The first-order valence-electron chi connectivity index (χ1n) is 6.98. The molecule has 0 fully saturated rings. The van der Waals surface area contributed by atoms with Crippen molar-refractivity contribution < 1.29 is 19.4 Å². The largest absolute Gasteiger partial charge is 0.504 e. The van der Waals surface area contributed by atoms with E-state index < -0.39 is 0 Å². The number of aldehydes is 1. The Morgan fingerprint density at radius 3 is 2.57 bits per heavy atom. The summed E-state index contributed by atoms with van der Waals surface area (Å²) < 4.78 is 10.5. The van der Waals surface area contributed by atoms with Crippen LogP contribution in [0, 0.1) is 0 Å². The molecule has 0 unspecified atom stereocenters. The summed E-state index contributed by atoms with van der Waals surface area (Å²) in [5, 5.41) is 10.9. The Morgan fingerprint density at radius 1 is 1.09 bits per heavy atom. The first-order chi connectivity index (χ1) is 11.2. The molecule has 2 aromatic carbocycles. The minimum atomic E-state index is -0.165. The maximum absolute atomic E-state index is 11.2. The number of ether oxygens (including phenoxy) is 2. The van der Waals surface area contributed by atoms with Gasteiger partial charge in [0.05, 0.1) is 19.8 Å². The van der Waals surface area contributed by atoms with Crippen molar-refractivity contribution in [2.75, 3.05) is 14.2 Å². The lowest BCUT2D eigenvalue weighted by atomic mass is 9.98. The highest BCUT2D eigenvalue weighted by molar-refractivity contribution is 5.99. The fraction of sp³-hybridized carbons (Fsp3) is 0.111. The van der Waals surface area contributed by atoms with E-state index in [1.54, 1.807) is 25.4 Å². The number of hydrogen-bond donors (Lipinski definition) is 1. The van der Waals surface area contributed by atoms with E-state index in [4.69, 9.17) is 9.47 Å². The van der Waals surface area contributed by atoms with Gasteiger partial charge in [0, 0.05) is 11.6 Å². The molecule has 0 saturated heterocycles. The lowest BCUT2D eigenvalue weighted by Gasteiger charge is -2.12. The summed E-state index contributed by atoms with van der Waals surface area (Å²) in [5.74, 6) is 0.755. The van der Waals surface area contributed by atoms with Crippen LogP contribution in [0.1, 0.15) is 10.4 Å². The van der Waals surface area contributed by atoms with Crippen molar-refractivity contribution in [1.82, 2.24) is 4.98 Å². The minimum Gasteiger partial charge on any atom is -0.504 e. The predicted octanol–water partition coefficient (Wildman–Crippen LogP) is 3.44. The maximum Gasteiger partial charge on any atom is 0.168 e. The lowest BCUT2D eigenvalue weighted by molar-refractivity contribution is 0.112. The van der Waals surface area contributed by atoms with Crippen LogP contribution in [0.15, 0.2) is 42.6 Å². The van der Waals surface area contributed by atoms with E-state index in [0.29, 0.717) is 12.0 Å². The molecule has 1 heterocycles. The molecule has 1 aromatic heterocycles. The van der Waals surface area contributed by atoms with Crippen molar-refractivity contribution in [1.29, 1.82) is 0 Å². The van der Waals surface area contributed by atoms with Gasteiger partial charge in [-0.15, -0.1) is 0 Å². The van der Waals surface area contributed by atoms with E-state index in [1.807, 2.05) is 24.3 Å². The van der Waals surface area contributed by atoms with Gasteiger partial charge in [-0.1, -0.05) is 6.07 Å². The summed E-state index contributed by atoms with van der Waals surface area (Å²) in [4.78, 5) is 15.6. The zero-order valence-electron chi connectivity index (χ0n) is 12.7. The Bertz CT molecular complexity index is 890. The van der Waals surface area contributed by atoms with E-state index in [2.05, 4.69) is 4.98 Å². The summed E-state index contributed by atoms with van der Waals surface area (Å²) in [7, 11) is 3.04. The molecule has 116 valence electrons. The molecule has 0 bridgehead atoms. The van der Waals surface area contributed by atoms with Crippen molar-refractivity contribution in [2.24, 2.45) is 0 Å². The molecule has 5 nitrogen and oxygen atoms in total. The molecule has 0 spiro atoms. The van der Waals surface area contributed by atoms with E-state index in [0.717, 1.165) is 22.0 Å². The third kappa shape index (κ3) is 2.46. The number of carbonyl (C=O) groups excluding carboxylic acids is 1. The van der Waals surface area contributed by atoms with E-state index in [9.17, 15) is 9.90 Å². The van der Waals surface area contributed by atoms with E-state index >= 15 is 0 Å². The van der Waals surface area contributed by atoms with Gasteiger partial charge in [0.25, 0.3) is 0 Å². The second-order valence-electron chi connectivity index (χ2n) is 4.95. The van der Waals surface area contributed by atoms with Crippen molar-refractivity contribution in [2.45, 2.75) is 0 Å². The molecule has 0 saturated carbocycles. The van der Waals surface area contributed by atoms with Gasteiger partial charge >= 0.3 is 0 Å². The smallest absolute Gasteiger partial charge is 0.168 e. The minimum absolute atomic E-state index is 0.165. The molecule has 0 aliphatic rings. The molecule has 5 heteroatoms. The lowest BCUT2D eigenvalue weighted by Crippen LogP contribution is -1.93. The molecular weight excluding hydrogens is 294 g/mol. The van der Waals surface area contributed by atoms with Gasteiger partial charge < -0.3 is 14.6 Å². The average Bonchev–Trinajstić information content (AvgIpc) is 2.61. The van der Waals surface area contributed by atoms with E-state index in [1.165, 1.54) is 7.11 Å². The normalized spacial score (nSPS) is 10.5. The summed E-state index contributed by atoms with van der Waals surface area (Å²) in [6.45, 7) is 0. The molecule has 0 aliphatic heterocycles. The Morgan fingerprint density at radius 2 is 1.87 bits per heavy atom. The van der Waals surface area contributed by atoms with Gasteiger partial charge in [-0.2, -0.15) is 0 Å². The van der Waals surface area contributed by atoms with Gasteiger partial charge in [-0.05, 0) is 41.5 Å². The Labute approximate surface area is 133 Å². The molecule has 0 amide bonds. The first-order valence-corrected chi connectivity index (χ1v) is 6.98. The number of fused-ring (bicyclic) bond motifs is 1. The van der Waals surface area contributed by atoms with E-state index in [-0.39, 0.29) is 17.1 Å². The Hall–Kier alpha value is -3.08. The van der Waals surface area contributed by atoms with Crippen LogP contribution in [0.5, 0.6) is 17.2 Å². The number of aromatic hydroxyl groups is 1. The number of rotatable bonds is 4. The third-order valence-electron chi connectivity index (χ3n) is 3.71. The van der Waals surface area contributed by atoms with Crippen LogP contribution in [0.25, 0.3) is 22.0 Å². The van der Waals surface area contributed by atoms with Crippen molar-refractivity contribution in [3.8, 4) is 28.4 Å². The summed E-state index contributed by atoms with van der Waals surface area (Å²) >= 11 is 0. The number of phenols is 1. The third-order valence-corrected chi connectivity index (χ3v) is 3.71. The molecule has 3 rings (SSSR count). The molecule has 0 atom stereocenters. The molecule has 3 aromatic rings. The fourth-order valence-corrected chi connectivity index (χ4v) is 2.59. The topological polar surface area (TPSA) is 68.7 Å². The summed E-state index contributed by atoms with van der Waals surface area (Å²) in [6, 6.07) is 10.8. The number of methoxy groups -OCH3 is 2. The number of benzene rings is 2. The molecule has 1 N–H and O–H groups in total. The predicted molar refractivity (Wildman–Crippen MR) is 87.3 cm³/mol. The fourth-order valence-electron chi connectivity index (χ4n) is 2.59. The highest BCUT2D eigenvalue weighted by atomic mass is 16.5. The van der Waals surface area contributed by atoms with Crippen molar-refractivity contribution in [3.05, 3.63) is 48.2 Å². The van der Waals surface area contributed by atoms with Gasteiger partial charge in [0.1, 0.15) is 11.3 Å². The highest BCUT2D eigenvalue weighted by Gasteiger charge is 2.14. The number of carbonyl (C=O) groups is 1. The van der Waals surface area contributed by atoms with Crippen molar-refractivity contribution in [3.63, 3.8) is 0 Å². The van der Waals surface area contributed by atoms with Crippen LogP contribution in [0.3, 0.4) is 0 Å². The standard InChI is InChI=1S/C18H15NO4/c1-22-15-6-5-13(14-4-3-7-19-17(14)15)11-8-12(10-20)18(21)16(9-11)23-2/h3-10,21H,1-2H3.